The molecule has 2 aromatic carbocycles. The maximum atomic E-state index is 13.1. The summed E-state index contributed by atoms with van der Waals surface area (Å²) in [5.74, 6) is -0.614. The van der Waals surface area contributed by atoms with Crippen LogP contribution in [0.1, 0.15) is 27.2 Å². The first-order valence-electron chi connectivity index (χ1n) is 11.1. The molecule has 36 heavy (non-hydrogen) atoms. The van der Waals surface area contributed by atoms with Crippen LogP contribution in [0, 0.1) is 5.82 Å². The molecule has 10 heteroatoms. The van der Waals surface area contributed by atoms with E-state index in [0.717, 1.165) is 10.5 Å². The topological polar surface area (TPSA) is 135 Å². The number of carbonyl (C=O) groups is 3. The number of benzene rings is 2. The van der Waals surface area contributed by atoms with Gasteiger partial charge in [0.2, 0.25) is 11.8 Å². The zero-order chi connectivity index (χ0) is 26.5. The van der Waals surface area contributed by atoms with Gasteiger partial charge in [0, 0.05) is 11.1 Å². The highest BCUT2D eigenvalue weighted by atomic mass is 19.1. The lowest BCUT2D eigenvalue weighted by molar-refractivity contribution is -0.128. The highest BCUT2D eigenvalue weighted by molar-refractivity contribution is 5.95. The molecule has 0 unspecified atom stereocenters. The monoisotopic (exact) mass is 494 g/mol. The fourth-order valence-electron chi connectivity index (χ4n) is 3.57. The molecule has 4 N–H and O–H groups in total. The summed E-state index contributed by atoms with van der Waals surface area (Å²) in [6, 6.07) is 16.4. The minimum atomic E-state index is -1.36. The summed E-state index contributed by atoms with van der Waals surface area (Å²) in [5.41, 5.74) is 5.78. The molecule has 9 nitrogen and oxygen atoms in total. The molecule has 0 fully saturated rings. The van der Waals surface area contributed by atoms with E-state index in [2.05, 4.69) is 10.3 Å². The van der Waals surface area contributed by atoms with E-state index < -0.39 is 35.9 Å². The zero-order valence-electron chi connectivity index (χ0n) is 20.1. The summed E-state index contributed by atoms with van der Waals surface area (Å²) >= 11 is 0. The average Bonchev–Trinajstić information content (AvgIpc) is 2.79. The van der Waals surface area contributed by atoms with E-state index in [1.165, 1.54) is 24.3 Å². The van der Waals surface area contributed by atoms with Crippen LogP contribution in [0.3, 0.4) is 0 Å². The molecule has 0 radical (unpaired) electrons. The number of ether oxygens (including phenoxy) is 1. The first-order valence-corrected chi connectivity index (χ1v) is 11.1. The maximum Gasteiger partial charge on any atom is 0.408 e. The molecule has 0 saturated heterocycles. The highest BCUT2D eigenvalue weighted by Gasteiger charge is 2.37. The molecule has 3 aromatic rings. The van der Waals surface area contributed by atoms with Crippen LogP contribution in [-0.2, 0) is 9.59 Å². The number of amides is 3. The minimum absolute atomic E-state index is 0.227. The van der Waals surface area contributed by atoms with Crippen molar-refractivity contribution in [1.29, 1.82) is 0 Å². The van der Waals surface area contributed by atoms with E-state index in [1.807, 2.05) is 0 Å². The number of anilines is 1. The Bertz CT molecular complexity index is 1240. The van der Waals surface area contributed by atoms with E-state index in [-0.39, 0.29) is 11.6 Å². The highest BCUT2D eigenvalue weighted by Crippen LogP contribution is 2.26. The summed E-state index contributed by atoms with van der Waals surface area (Å²) in [5, 5.41) is 12.2. The standard InChI is InChI=1S/C26H27FN4O5/c1-26(2,3)31(25(34)35)21(24(28)33)15-23(32)30-22-6-4-5-20(29-22)16-7-11-18(12-8-16)36-19-13-9-17(27)10-14-19/h4-14,21H,15H2,1-3H3,(H2,28,33)(H,34,35)(H,29,30,32)/t21-/m0/s1. The van der Waals surface area contributed by atoms with Gasteiger partial charge in [-0.15, -0.1) is 0 Å². The molecule has 1 heterocycles. The smallest absolute Gasteiger partial charge is 0.408 e. The summed E-state index contributed by atoms with van der Waals surface area (Å²) in [4.78, 5) is 41.6. The number of rotatable bonds is 8. The Labute approximate surface area is 207 Å². The molecule has 0 aliphatic carbocycles. The summed E-state index contributed by atoms with van der Waals surface area (Å²) in [6.45, 7) is 4.82. The first-order chi connectivity index (χ1) is 16.9. The number of aromatic nitrogens is 1. The van der Waals surface area contributed by atoms with Crippen molar-refractivity contribution in [2.24, 2.45) is 5.73 Å². The Hall–Kier alpha value is -4.47. The lowest BCUT2D eigenvalue weighted by atomic mass is 10.0. The second-order valence-corrected chi connectivity index (χ2v) is 8.98. The van der Waals surface area contributed by atoms with Gasteiger partial charge in [0.1, 0.15) is 29.2 Å². The molecule has 1 atom stereocenters. The Morgan fingerprint density at radius 1 is 1.03 bits per heavy atom. The molecule has 3 amide bonds. The normalized spacial score (nSPS) is 11.9. The lowest BCUT2D eigenvalue weighted by Gasteiger charge is -2.37. The van der Waals surface area contributed by atoms with Crippen LogP contribution >= 0.6 is 0 Å². The molecule has 0 aliphatic heterocycles. The van der Waals surface area contributed by atoms with E-state index in [0.29, 0.717) is 17.2 Å². The van der Waals surface area contributed by atoms with Crippen molar-refractivity contribution in [2.45, 2.75) is 38.8 Å². The summed E-state index contributed by atoms with van der Waals surface area (Å²) in [7, 11) is 0. The molecule has 1 aromatic heterocycles. The van der Waals surface area contributed by atoms with Crippen LogP contribution in [-0.4, -0.2) is 44.5 Å². The predicted octanol–water partition coefficient (Wildman–Crippen LogP) is 4.64. The van der Waals surface area contributed by atoms with Gasteiger partial charge in [0.15, 0.2) is 0 Å². The van der Waals surface area contributed by atoms with Crippen molar-refractivity contribution in [1.82, 2.24) is 9.88 Å². The fraction of sp³-hybridized carbons (Fsp3) is 0.231. The Morgan fingerprint density at radius 2 is 1.61 bits per heavy atom. The average molecular weight is 495 g/mol. The van der Waals surface area contributed by atoms with Crippen LogP contribution in [0.2, 0.25) is 0 Å². The molecule has 0 aliphatic rings. The van der Waals surface area contributed by atoms with Gasteiger partial charge in [-0.25, -0.2) is 14.2 Å². The van der Waals surface area contributed by atoms with Crippen LogP contribution in [0.15, 0.2) is 66.7 Å². The molecule has 0 spiro atoms. The lowest BCUT2D eigenvalue weighted by Crippen LogP contribution is -2.56. The third-order valence-electron chi connectivity index (χ3n) is 5.16. The Kier molecular flexibility index (Phi) is 7.88. The fourth-order valence-corrected chi connectivity index (χ4v) is 3.57. The van der Waals surface area contributed by atoms with Gasteiger partial charge in [-0.05, 0) is 81.4 Å². The van der Waals surface area contributed by atoms with Gasteiger partial charge in [0.05, 0.1) is 12.1 Å². The van der Waals surface area contributed by atoms with Gasteiger partial charge in [-0.1, -0.05) is 6.07 Å². The number of primary amides is 1. The van der Waals surface area contributed by atoms with Gasteiger partial charge in [-0.2, -0.15) is 0 Å². The first kappa shape index (κ1) is 26.1. The van der Waals surface area contributed by atoms with Crippen molar-refractivity contribution in [3.05, 3.63) is 72.5 Å². The predicted molar refractivity (Wildman–Crippen MR) is 132 cm³/mol. The van der Waals surface area contributed by atoms with Crippen molar-refractivity contribution in [3.63, 3.8) is 0 Å². The molecular formula is C26H27FN4O5. The third-order valence-corrected chi connectivity index (χ3v) is 5.16. The zero-order valence-corrected chi connectivity index (χ0v) is 20.1. The van der Waals surface area contributed by atoms with Crippen molar-refractivity contribution < 1.29 is 28.6 Å². The van der Waals surface area contributed by atoms with Gasteiger partial charge in [-0.3, -0.25) is 14.5 Å². The van der Waals surface area contributed by atoms with Crippen LogP contribution in [0.5, 0.6) is 11.5 Å². The maximum absolute atomic E-state index is 13.1. The number of nitrogens with zero attached hydrogens (tertiary/aromatic N) is 2. The van der Waals surface area contributed by atoms with Crippen LogP contribution in [0.4, 0.5) is 15.0 Å². The Morgan fingerprint density at radius 3 is 2.14 bits per heavy atom. The number of nitrogens with two attached hydrogens (primary N) is 1. The number of pyridine rings is 1. The minimum Gasteiger partial charge on any atom is -0.465 e. The van der Waals surface area contributed by atoms with Gasteiger partial charge < -0.3 is 20.9 Å². The van der Waals surface area contributed by atoms with Crippen molar-refractivity contribution in [3.8, 4) is 22.8 Å². The van der Waals surface area contributed by atoms with Crippen LogP contribution in [0.25, 0.3) is 11.3 Å². The summed E-state index contributed by atoms with van der Waals surface area (Å²) in [6.07, 6.45) is -1.81. The quantitative estimate of drug-likeness (QED) is 0.418. The third kappa shape index (κ3) is 6.78. The molecule has 0 saturated carbocycles. The SMILES string of the molecule is CC(C)(C)N(C(=O)O)[C@@H](CC(=O)Nc1cccc(-c2ccc(Oc3ccc(F)cc3)cc2)n1)C(N)=O. The molecule has 3 rings (SSSR count). The van der Waals surface area contributed by atoms with E-state index in [1.54, 1.807) is 63.2 Å². The molecule has 188 valence electrons. The van der Waals surface area contributed by atoms with Gasteiger partial charge in [0.25, 0.3) is 0 Å². The summed E-state index contributed by atoms with van der Waals surface area (Å²) < 4.78 is 18.7. The van der Waals surface area contributed by atoms with E-state index in [9.17, 15) is 23.9 Å². The van der Waals surface area contributed by atoms with Crippen molar-refractivity contribution >= 4 is 23.7 Å². The number of hydrogen-bond donors (Lipinski definition) is 3. The number of carboxylic acid groups (broad SMARTS) is 1. The number of nitrogens with one attached hydrogen (secondary N) is 1. The number of halogens is 1. The van der Waals surface area contributed by atoms with Gasteiger partial charge >= 0.3 is 6.09 Å². The van der Waals surface area contributed by atoms with Crippen LogP contribution < -0.4 is 15.8 Å². The molecular weight excluding hydrogens is 467 g/mol. The number of hydrogen-bond acceptors (Lipinski definition) is 5. The number of carbonyl (C=O) groups excluding carboxylic acids is 2. The van der Waals surface area contributed by atoms with Crippen molar-refractivity contribution in [2.75, 3.05) is 5.32 Å². The van der Waals surface area contributed by atoms with E-state index in [4.69, 9.17) is 10.5 Å². The molecule has 0 bridgehead atoms. The largest absolute Gasteiger partial charge is 0.465 e. The second-order valence-electron chi connectivity index (χ2n) is 8.98. The Balaban J connectivity index is 1.70. The van der Waals surface area contributed by atoms with E-state index >= 15 is 0 Å². The second kappa shape index (κ2) is 10.9.